The van der Waals surface area contributed by atoms with Gasteiger partial charge in [-0.1, -0.05) is 60.1 Å². The normalized spacial score (nSPS) is 12.0. The van der Waals surface area contributed by atoms with E-state index in [2.05, 4.69) is 10.2 Å². The fourth-order valence-electron chi connectivity index (χ4n) is 2.87. The number of amides is 1. The Kier molecular flexibility index (Phi) is 5.68. The summed E-state index contributed by atoms with van der Waals surface area (Å²) in [7, 11) is 1.73. The van der Waals surface area contributed by atoms with Crippen LogP contribution < -0.4 is 0 Å². The highest BCUT2D eigenvalue weighted by atomic mass is 35.5. The zero-order valence-electron chi connectivity index (χ0n) is 14.7. The average Bonchev–Trinajstić information content (AvgIpc) is 3.05. The highest BCUT2D eigenvalue weighted by Crippen LogP contribution is 2.33. The first-order chi connectivity index (χ1) is 12.5. The van der Waals surface area contributed by atoms with Crippen molar-refractivity contribution in [3.05, 3.63) is 82.5 Å². The van der Waals surface area contributed by atoms with Crippen molar-refractivity contribution in [2.75, 3.05) is 7.05 Å². The third kappa shape index (κ3) is 4.29. The van der Waals surface area contributed by atoms with E-state index in [-0.39, 0.29) is 18.4 Å². The second kappa shape index (κ2) is 8.15. The highest BCUT2D eigenvalue weighted by molar-refractivity contribution is 6.31. The minimum Gasteiger partial charge on any atom is -0.424 e. The zero-order valence-corrected chi connectivity index (χ0v) is 15.5. The predicted molar refractivity (Wildman–Crippen MR) is 99.9 cm³/mol. The fourth-order valence-corrected chi connectivity index (χ4v) is 3.14. The first kappa shape index (κ1) is 18.1. The van der Waals surface area contributed by atoms with E-state index in [4.69, 9.17) is 16.0 Å². The van der Waals surface area contributed by atoms with Gasteiger partial charge in [-0.15, -0.1) is 10.2 Å². The van der Waals surface area contributed by atoms with Crippen molar-refractivity contribution < 1.29 is 9.21 Å². The van der Waals surface area contributed by atoms with Crippen LogP contribution in [0.2, 0.25) is 5.02 Å². The van der Waals surface area contributed by atoms with Crippen LogP contribution in [0.15, 0.2) is 59.0 Å². The predicted octanol–water partition coefficient (Wildman–Crippen LogP) is 4.21. The average molecular weight is 370 g/mol. The second-order valence-corrected chi connectivity index (χ2v) is 6.56. The van der Waals surface area contributed by atoms with Crippen LogP contribution in [0.25, 0.3) is 0 Å². The van der Waals surface area contributed by atoms with Crippen LogP contribution in [0.5, 0.6) is 0 Å². The molecule has 0 saturated carbocycles. The maximum absolute atomic E-state index is 12.8. The monoisotopic (exact) mass is 369 g/mol. The summed E-state index contributed by atoms with van der Waals surface area (Å²) in [5.74, 6) is 0.769. The smallest absolute Gasteiger partial charge is 0.235 e. The van der Waals surface area contributed by atoms with Crippen molar-refractivity contribution in [1.82, 2.24) is 15.1 Å². The molecule has 0 spiro atoms. The summed E-state index contributed by atoms with van der Waals surface area (Å²) in [6.07, 6.45) is 0.303. The van der Waals surface area contributed by atoms with Crippen LogP contribution >= 0.6 is 11.6 Å². The Morgan fingerprint density at radius 3 is 2.46 bits per heavy atom. The van der Waals surface area contributed by atoms with Crippen LogP contribution in [0.1, 0.15) is 35.2 Å². The summed E-state index contributed by atoms with van der Waals surface area (Å²) in [6, 6.07) is 17.6. The molecule has 0 N–H and O–H groups in total. The summed E-state index contributed by atoms with van der Waals surface area (Å²) >= 11 is 6.41. The van der Waals surface area contributed by atoms with E-state index in [0.717, 1.165) is 11.1 Å². The molecular weight excluding hydrogens is 350 g/mol. The Bertz CT molecular complexity index is 880. The number of carbonyl (C=O) groups excluding carboxylic acids is 1. The standard InChI is InChI=1S/C20H20ClN3O2/c1-14-22-23-19(26-14)13-24(2)20(25)12-17(15-8-4-3-5-9-15)16-10-6-7-11-18(16)21/h3-11,17H,12-13H2,1-2H3/t17-/m1/s1. The molecule has 6 heteroatoms. The molecule has 1 atom stereocenters. The van der Waals surface area contributed by atoms with Crippen LogP contribution in [0, 0.1) is 6.92 Å². The van der Waals surface area contributed by atoms with Gasteiger partial charge in [-0.3, -0.25) is 4.79 Å². The number of nitrogens with zero attached hydrogens (tertiary/aromatic N) is 3. The molecule has 5 nitrogen and oxygen atoms in total. The van der Waals surface area contributed by atoms with E-state index in [0.29, 0.717) is 23.2 Å². The first-order valence-electron chi connectivity index (χ1n) is 8.37. The molecule has 1 heterocycles. The molecule has 0 aliphatic heterocycles. The van der Waals surface area contributed by atoms with Gasteiger partial charge in [0.2, 0.25) is 17.7 Å². The molecule has 26 heavy (non-hydrogen) atoms. The topological polar surface area (TPSA) is 59.2 Å². The van der Waals surface area contributed by atoms with Crippen LogP contribution in [0.4, 0.5) is 0 Å². The molecular formula is C20H20ClN3O2. The number of carbonyl (C=O) groups is 1. The molecule has 3 rings (SSSR count). The van der Waals surface area contributed by atoms with Gasteiger partial charge in [-0.05, 0) is 17.2 Å². The number of halogens is 1. The Labute approximate surface area is 157 Å². The van der Waals surface area contributed by atoms with E-state index in [1.54, 1.807) is 18.9 Å². The zero-order chi connectivity index (χ0) is 18.5. The van der Waals surface area contributed by atoms with Crippen molar-refractivity contribution in [3.8, 4) is 0 Å². The summed E-state index contributed by atoms with van der Waals surface area (Å²) in [4.78, 5) is 14.4. The van der Waals surface area contributed by atoms with E-state index < -0.39 is 0 Å². The molecule has 2 aromatic carbocycles. The van der Waals surface area contributed by atoms with E-state index in [9.17, 15) is 4.79 Å². The summed E-state index contributed by atoms with van der Waals surface area (Å²) in [5, 5.41) is 8.40. The molecule has 1 aromatic heterocycles. The van der Waals surface area contributed by atoms with Gasteiger partial charge in [0.05, 0.1) is 6.54 Å². The van der Waals surface area contributed by atoms with Gasteiger partial charge in [0, 0.05) is 31.3 Å². The number of hydrogen-bond acceptors (Lipinski definition) is 4. The molecule has 0 unspecified atom stereocenters. The first-order valence-corrected chi connectivity index (χ1v) is 8.74. The molecule has 0 fully saturated rings. The van der Waals surface area contributed by atoms with Crippen LogP contribution in [-0.4, -0.2) is 28.1 Å². The van der Waals surface area contributed by atoms with Crippen LogP contribution in [0.3, 0.4) is 0 Å². The Hall–Kier alpha value is -2.66. The molecule has 0 radical (unpaired) electrons. The number of aromatic nitrogens is 2. The van der Waals surface area contributed by atoms with Gasteiger partial charge < -0.3 is 9.32 Å². The Morgan fingerprint density at radius 2 is 1.81 bits per heavy atom. The van der Waals surface area contributed by atoms with Gasteiger partial charge in [0.1, 0.15) is 0 Å². The lowest BCUT2D eigenvalue weighted by Crippen LogP contribution is -2.28. The summed E-state index contributed by atoms with van der Waals surface area (Å²) < 4.78 is 5.36. The minimum atomic E-state index is -0.121. The largest absolute Gasteiger partial charge is 0.424 e. The minimum absolute atomic E-state index is 0.0189. The van der Waals surface area contributed by atoms with Crippen molar-refractivity contribution >= 4 is 17.5 Å². The maximum atomic E-state index is 12.8. The molecule has 0 bridgehead atoms. The molecule has 1 amide bonds. The lowest BCUT2D eigenvalue weighted by molar-refractivity contribution is -0.130. The fraction of sp³-hybridized carbons (Fsp3) is 0.250. The van der Waals surface area contributed by atoms with E-state index in [1.807, 2.05) is 54.6 Å². The van der Waals surface area contributed by atoms with Crippen molar-refractivity contribution in [3.63, 3.8) is 0 Å². The lowest BCUT2D eigenvalue weighted by Gasteiger charge is -2.22. The second-order valence-electron chi connectivity index (χ2n) is 6.15. The van der Waals surface area contributed by atoms with Crippen LogP contribution in [-0.2, 0) is 11.3 Å². The van der Waals surface area contributed by atoms with Crippen molar-refractivity contribution in [1.29, 1.82) is 0 Å². The summed E-state index contributed by atoms with van der Waals surface area (Å²) in [5.41, 5.74) is 1.99. The third-order valence-corrected chi connectivity index (χ3v) is 4.57. The summed E-state index contributed by atoms with van der Waals surface area (Å²) in [6.45, 7) is 2.00. The molecule has 3 aromatic rings. The molecule has 0 saturated heterocycles. The quantitative estimate of drug-likeness (QED) is 0.653. The van der Waals surface area contributed by atoms with Crippen molar-refractivity contribution in [2.24, 2.45) is 0 Å². The molecule has 134 valence electrons. The van der Waals surface area contributed by atoms with Crippen molar-refractivity contribution in [2.45, 2.75) is 25.8 Å². The molecule has 0 aliphatic rings. The third-order valence-electron chi connectivity index (χ3n) is 4.23. The van der Waals surface area contributed by atoms with Gasteiger partial charge in [-0.2, -0.15) is 0 Å². The highest BCUT2D eigenvalue weighted by Gasteiger charge is 2.23. The van der Waals surface area contributed by atoms with Gasteiger partial charge in [0.15, 0.2) is 0 Å². The van der Waals surface area contributed by atoms with Gasteiger partial charge in [-0.25, -0.2) is 0 Å². The molecule has 0 aliphatic carbocycles. The Balaban J connectivity index is 1.81. The SMILES string of the molecule is Cc1nnc(CN(C)C(=O)C[C@H](c2ccccc2)c2ccccc2Cl)o1. The Morgan fingerprint density at radius 1 is 1.12 bits per heavy atom. The number of rotatable bonds is 6. The lowest BCUT2D eigenvalue weighted by atomic mass is 9.88. The van der Waals surface area contributed by atoms with Gasteiger partial charge >= 0.3 is 0 Å². The maximum Gasteiger partial charge on any atom is 0.235 e. The van der Waals surface area contributed by atoms with E-state index >= 15 is 0 Å². The number of aryl methyl sites for hydroxylation is 1. The van der Waals surface area contributed by atoms with Gasteiger partial charge in [0.25, 0.3) is 0 Å². The number of hydrogen-bond donors (Lipinski definition) is 0. The van der Waals surface area contributed by atoms with E-state index in [1.165, 1.54) is 0 Å². The number of benzene rings is 2.